The van der Waals surface area contributed by atoms with Crippen molar-refractivity contribution in [2.75, 3.05) is 6.61 Å². The van der Waals surface area contributed by atoms with Gasteiger partial charge in [-0.2, -0.15) is 0 Å². The Morgan fingerprint density at radius 3 is 2.00 bits per heavy atom. The number of carbonyl (C=O) groups is 1. The van der Waals surface area contributed by atoms with Crippen LogP contribution in [0.4, 0.5) is 0 Å². The van der Waals surface area contributed by atoms with E-state index in [9.17, 15) is 4.79 Å². The Hall–Kier alpha value is -1.11. The minimum atomic E-state index is -1.64. The number of isocyanates is 1. The zero-order chi connectivity index (χ0) is 10.9. The summed E-state index contributed by atoms with van der Waals surface area (Å²) < 4.78 is 0. The lowest BCUT2D eigenvalue weighted by Crippen LogP contribution is -2.40. The van der Waals surface area contributed by atoms with Gasteiger partial charge in [0.2, 0.25) is 6.08 Å². The van der Waals surface area contributed by atoms with Crippen LogP contribution in [0.15, 0.2) is 0 Å². The van der Waals surface area contributed by atoms with Crippen molar-refractivity contribution in [1.82, 2.24) is 0 Å². The lowest BCUT2D eigenvalue weighted by atomic mass is 10.1. The third kappa shape index (κ3) is 7.26. The zero-order valence-corrected chi connectivity index (χ0v) is 6.62. The Balaban J connectivity index is 0. The summed E-state index contributed by atoms with van der Waals surface area (Å²) in [6.07, 6.45) is -3.88. The van der Waals surface area contributed by atoms with Crippen molar-refractivity contribution >= 4 is 12.4 Å². The van der Waals surface area contributed by atoms with Crippen molar-refractivity contribution in [3.05, 3.63) is 0 Å². The number of aliphatic hydroxyl groups excluding tert-OH is 4. The number of hydrogen-bond acceptors (Lipinski definition) is 7. The second kappa shape index (κ2) is 8.98. The smallest absolute Gasteiger partial charge is 0.231 e. The van der Waals surface area contributed by atoms with E-state index in [-0.39, 0.29) is 6.29 Å². The highest BCUT2D eigenvalue weighted by atomic mass is 16.4. The highest BCUT2D eigenvalue weighted by Gasteiger charge is 2.22. The SMILES string of the molecule is N=C=O.O=C[C@H](O)[C@@H](O)[C@H](O)CO. The Bertz CT molecular complexity index is 167. The monoisotopic (exact) mass is 193 g/mol. The maximum absolute atomic E-state index is 9.76. The second-order valence-electron chi connectivity index (χ2n) is 1.97. The molecule has 5 N–H and O–H groups in total. The fourth-order valence-corrected chi connectivity index (χ4v) is 0.416. The number of rotatable bonds is 4. The van der Waals surface area contributed by atoms with E-state index in [4.69, 9.17) is 30.6 Å². The lowest BCUT2D eigenvalue weighted by Gasteiger charge is -2.16. The van der Waals surface area contributed by atoms with Gasteiger partial charge in [0.15, 0.2) is 6.29 Å². The van der Waals surface area contributed by atoms with Gasteiger partial charge in [0.1, 0.15) is 18.3 Å². The number of aliphatic hydroxyl groups is 4. The summed E-state index contributed by atoms with van der Waals surface area (Å²) in [6, 6.07) is 0. The summed E-state index contributed by atoms with van der Waals surface area (Å²) in [5.74, 6) is 0. The molecule has 0 aliphatic heterocycles. The molecule has 0 radical (unpaired) electrons. The Morgan fingerprint density at radius 2 is 1.77 bits per heavy atom. The summed E-state index contributed by atoms with van der Waals surface area (Å²) in [7, 11) is 0. The van der Waals surface area contributed by atoms with Crippen LogP contribution in [-0.2, 0) is 9.59 Å². The minimum absolute atomic E-state index is 0.0869. The molecule has 0 aliphatic carbocycles. The standard InChI is InChI=1S/C5H10O5.CHNO/c6-1-3(8)5(10)4(9)2-7;2-1-3/h1,3-5,7-10H,2H2;2H/t3-,4+,5+;/m0./s1. The molecular weight excluding hydrogens is 182 g/mol. The van der Waals surface area contributed by atoms with Gasteiger partial charge in [-0.1, -0.05) is 0 Å². The summed E-state index contributed by atoms with van der Waals surface area (Å²) in [5.41, 5.74) is 0. The Kier molecular flexibility index (Phi) is 9.96. The van der Waals surface area contributed by atoms with Crippen LogP contribution in [0.1, 0.15) is 0 Å². The van der Waals surface area contributed by atoms with Crippen LogP contribution in [0.3, 0.4) is 0 Å². The van der Waals surface area contributed by atoms with Crippen molar-refractivity contribution in [3.8, 4) is 0 Å². The van der Waals surface area contributed by atoms with Crippen LogP contribution in [0, 0.1) is 5.41 Å². The van der Waals surface area contributed by atoms with Crippen LogP contribution in [0.2, 0.25) is 0 Å². The summed E-state index contributed by atoms with van der Waals surface area (Å²) in [4.78, 5) is 18.1. The molecule has 0 amide bonds. The maximum atomic E-state index is 9.76. The van der Waals surface area contributed by atoms with Gasteiger partial charge in [0, 0.05) is 0 Å². The number of nitrogens with one attached hydrogen (secondary N) is 1. The van der Waals surface area contributed by atoms with E-state index in [1.807, 2.05) is 0 Å². The number of hydrogen-bond donors (Lipinski definition) is 5. The highest BCUT2D eigenvalue weighted by Crippen LogP contribution is 1.96. The van der Waals surface area contributed by atoms with Crippen molar-refractivity contribution in [1.29, 1.82) is 5.41 Å². The van der Waals surface area contributed by atoms with Crippen LogP contribution in [-0.4, -0.2) is 57.7 Å². The predicted octanol–water partition coefficient (Wildman–Crippen LogP) is -2.84. The molecule has 0 aromatic rings. The molecule has 0 saturated heterocycles. The van der Waals surface area contributed by atoms with Crippen molar-refractivity contribution in [3.63, 3.8) is 0 Å². The summed E-state index contributed by atoms with van der Waals surface area (Å²) >= 11 is 0. The average molecular weight is 193 g/mol. The van der Waals surface area contributed by atoms with E-state index in [2.05, 4.69) is 0 Å². The van der Waals surface area contributed by atoms with Gasteiger partial charge in [-0.05, 0) is 0 Å². The van der Waals surface area contributed by atoms with Crippen molar-refractivity contribution < 1.29 is 30.0 Å². The van der Waals surface area contributed by atoms with E-state index >= 15 is 0 Å². The van der Waals surface area contributed by atoms with Gasteiger partial charge in [0.25, 0.3) is 0 Å². The number of carbonyl (C=O) groups excluding carboxylic acids is 2. The predicted molar refractivity (Wildman–Crippen MR) is 39.6 cm³/mol. The molecule has 0 aromatic heterocycles. The van der Waals surface area contributed by atoms with Crippen LogP contribution < -0.4 is 0 Å². The first kappa shape index (κ1) is 14.4. The first-order chi connectivity index (χ1) is 6.04. The molecule has 0 saturated carbocycles. The molecule has 0 aromatic carbocycles. The van der Waals surface area contributed by atoms with Gasteiger partial charge in [0.05, 0.1) is 6.61 Å². The van der Waals surface area contributed by atoms with E-state index in [1.165, 1.54) is 0 Å². The molecule has 0 spiro atoms. The molecule has 0 unspecified atom stereocenters. The fourth-order valence-electron chi connectivity index (χ4n) is 0.416. The average Bonchev–Trinajstić information content (AvgIpc) is 2.15. The fraction of sp³-hybridized carbons (Fsp3) is 0.667. The van der Waals surface area contributed by atoms with Crippen LogP contribution in [0.25, 0.3) is 0 Å². The number of aldehydes is 1. The van der Waals surface area contributed by atoms with Gasteiger partial charge in [-0.15, -0.1) is 0 Å². The molecular formula is C6H11NO6. The van der Waals surface area contributed by atoms with Crippen LogP contribution >= 0.6 is 0 Å². The van der Waals surface area contributed by atoms with E-state index in [1.54, 1.807) is 0 Å². The zero-order valence-electron chi connectivity index (χ0n) is 6.62. The molecule has 76 valence electrons. The van der Waals surface area contributed by atoms with E-state index in [0.29, 0.717) is 0 Å². The molecule has 3 atom stereocenters. The lowest BCUT2D eigenvalue weighted by molar-refractivity contribution is -0.127. The first-order valence-corrected chi connectivity index (χ1v) is 3.19. The van der Waals surface area contributed by atoms with E-state index in [0.717, 1.165) is 6.08 Å². The van der Waals surface area contributed by atoms with Crippen molar-refractivity contribution in [2.24, 2.45) is 0 Å². The molecule has 0 bridgehead atoms. The summed E-state index contributed by atoms with van der Waals surface area (Å²) in [5, 5.41) is 39.5. The van der Waals surface area contributed by atoms with Crippen molar-refractivity contribution in [2.45, 2.75) is 18.3 Å². The Labute approximate surface area is 73.8 Å². The molecule has 0 rings (SSSR count). The molecule has 13 heavy (non-hydrogen) atoms. The molecule has 7 nitrogen and oxygen atoms in total. The van der Waals surface area contributed by atoms with Gasteiger partial charge in [-0.3, -0.25) is 0 Å². The molecule has 0 aliphatic rings. The highest BCUT2D eigenvalue weighted by molar-refractivity contribution is 5.56. The van der Waals surface area contributed by atoms with Crippen LogP contribution in [0.5, 0.6) is 0 Å². The maximum Gasteiger partial charge on any atom is 0.231 e. The third-order valence-electron chi connectivity index (χ3n) is 1.07. The second-order valence-corrected chi connectivity index (χ2v) is 1.97. The first-order valence-electron chi connectivity index (χ1n) is 3.19. The normalized spacial score (nSPS) is 15.7. The largest absolute Gasteiger partial charge is 0.394 e. The molecule has 0 heterocycles. The third-order valence-corrected chi connectivity index (χ3v) is 1.07. The molecule has 0 fully saturated rings. The topological polar surface area (TPSA) is 139 Å². The summed E-state index contributed by atoms with van der Waals surface area (Å²) in [6.45, 7) is -0.688. The van der Waals surface area contributed by atoms with E-state index < -0.39 is 24.9 Å². The Morgan fingerprint density at radius 1 is 1.38 bits per heavy atom. The minimum Gasteiger partial charge on any atom is -0.394 e. The van der Waals surface area contributed by atoms with Gasteiger partial charge < -0.3 is 25.2 Å². The quantitative estimate of drug-likeness (QED) is 0.185. The van der Waals surface area contributed by atoms with Gasteiger partial charge in [-0.25, -0.2) is 10.2 Å². The molecule has 7 heteroatoms. The van der Waals surface area contributed by atoms with Gasteiger partial charge >= 0.3 is 0 Å².